The van der Waals surface area contributed by atoms with Crippen molar-refractivity contribution in [3.63, 3.8) is 0 Å². The number of hydrogen-bond donors (Lipinski definition) is 1. The van der Waals surface area contributed by atoms with E-state index in [1.165, 1.54) is 12.1 Å². The van der Waals surface area contributed by atoms with Gasteiger partial charge in [0.25, 0.3) is 5.91 Å². The lowest BCUT2D eigenvalue weighted by molar-refractivity contribution is -0.140. The fourth-order valence-corrected chi connectivity index (χ4v) is 2.08. The van der Waals surface area contributed by atoms with Crippen LogP contribution in [-0.4, -0.2) is 11.1 Å². The number of hydrogen-bond acceptors (Lipinski definition) is 3. The summed E-state index contributed by atoms with van der Waals surface area (Å²) in [4.78, 5) is 12.0. The molecular formula is C15H7F5N2O2. The zero-order valence-corrected chi connectivity index (χ0v) is 11.6. The van der Waals surface area contributed by atoms with Crippen LogP contribution in [0.4, 0.5) is 27.8 Å². The van der Waals surface area contributed by atoms with E-state index >= 15 is 0 Å². The molecule has 1 heterocycles. The molecule has 1 aromatic heterocycles. The predicted molar refractivity (Wildman–Crippen MR) is 73.3 cm³/mol. The lowest BCUT2D eigenvalue weighted by Crippen LogP contribution is -2.14. The molecule has 2 aromatic carbocycles. The van der Waals surface area contributed by atoms with Crippen LogP contribution in [0.2, 0.25) is 0 Å². The number of para-hydroxylation sites is 1. The molecule has 0 aliphatic heterocycles. The summed E-state index contributed by atoms with van der Waals surface area (Å²) in [6.07, 6.45) is -4.86. The van der Waals surface area contributed by atoms with Gasteiger partial charge in [0, 0.05) is 5.56 Å². The number of fused-ring (bicyclic) bond motifs is 1. The van der Waals surface area contributed by atoms with Crippen molar-refractivity contribution in [2.75, 3.05) is 5.32 Å². The van der Waals surface area contributed by atoms with Gasteiger partial charge < -0.3 is 9.84 Å². The molecule has 24 heavy (non-hydrogen) atoms. The van der Waals surface area contributed by atoms with Crippen LogP contribution in [0.5, 0.6) is 0 Å². The first-order valence-corrected chi connectivity index (χ1v) is 6.49. The first-order valence-electron chi connectivity index (χ1n) is 6.49. The van der Waals surface area contributed by atoms with E-state index in [2.05, 4.69) is 10.5 Å². The number of carbonyl (C=O) groups is 1. The van der Waals surface area contributed by atoms with Gasteiger partial charge in [0.05, 0.1) is 10.9 Å². The molecule has 9 heteroatoms. The number of nitrogens with zero attached hydrogens (tertiary/aromatic N) is 1. The number of benzene rings is 2. The molecule has 0 fully saturated rings. The SMILES string of the molecule is O=C(Nc1noc2c(F)cccc12)c1ccc(C(F)(F)F)c(F)c1. The summed E-state index contributed by atoms with van der Waals surface area (Å²) in [6, 6.07) is 5.67. The van der Waals surface area contributed by atoms with Crippen molar-refractivity contribution in [3.05, 3.63) is 59.2 Å². The molecule has 0 spiro atoms. The van der Waals surface area contributed by atoms with Crippen molar-refractivity contribution in [3.8, 4) is 0 Å². The molecule has 0 unspecified atom stereocenters. The average molecular weight is 342 g/mol. The molecule has 1 amide bonds. The second kappa shape index (κ2) is 5.59. The topological polar surface area (TPSA) is 55.1 Å². The largest absolute Gasteiger partial charge is 0.419 e. The van der Waals surface area contributed by atoms with Crippen LogP contribution >= 0.6 is 0 Å². The Hall–Kier alpha value is -2.97. The third-order valence-corrected chi connectivity index (χ3v) is 3.22. The maximum absolute atomic E-state index is 13.5. The third kappa shape index (κ3) is 2.80. The maximum Gasteiger partial charge on any atom is 0.419 e. The van der Waals surface area contributed by atoms with Gasteiger partial charge in [0.15, 0.2) is 11.6 Å². The number of anilines is 1. The van der Waals surface area contributed by atoms with E-state index in [1.54, 1.807) is 0 Å². The van der Waals surface area contributed by atoms with Gasteiger partial charge in [0.2, 0.25) is 5.58 Å². The first-order chi connectivity index (χ1) is 11.3. The lowest BCUT2D eigenvalue weighted by Gasteiger charge is -2.09. The van der Waals surface area contributed by atoms with Gasteiger partial charge in [-0.2, -0.15) is 13.2 Å². The summed E-state index contributed by atoms with van der Waals surface area (Å²) in [6.45, 7) is 0. The Morgan fingerprint density at radius 1 is 1.08 bits per heavy atom. The van der Waals surface area contributed by atoms with Gasteiger partial charge >= 0.3 is 6.18 Å². The Morgan fingerprint density at radius 2 is 1.83 bits per heavy atom. The van der Waals surface area contributed by atoms with E-state index in [4.69, 9.17) is 4.52 Å². The highest BCUT2D eigenvalue weighted by atomic mass is 19.4. The Bertz CT molecular complexity index is 933. The predicted octanol–water partition coefficient (Wildman–Crippen LogP) is 4.38. The van der Waals surface area contributed by atoms with Crippen LogP contribution in [-0.2, 0) is 6.18 Å². The molecule has 3 aromatic rings. The second-order valence-electron chi connectivity index (χ2n) is 4.79. The number of nitrogens with one attached hydrogen (secondary N) is 1. The number of alkyl halides is 3. The molecular weight excluding hydrogens is 335 g/mol. The van der Waals surface area contributed by atoms with Crippen molar-refractivity contribution in [1.29, 1.82) is 0 Å². The second-order valence-corrected chi connectivity index (χ2v) is 4.79. The Labute approximate surface area is 130 Å². The molecule has 3 rings (SSSR count). The molecule has 0 aliphatic rings. The highest BCUT2D eigenvalue weighted by Gasteiger charge is 2.34. The average Bonchev–Trinajstić information content (AvgIpc) is 2.90. The standard InChI is InChI=1S/C15H7F5N2O2/c16-10-3-1-2-8-12(10)24-22-13(8)21-14(23)7-4-5-9(11(17)6-7)15(18,19)20/h1-6H,(H,21,22,23). The van der Waals surface area contributed by atoms with Crippen LogP contribution in [0.25, 0.3) is 11.0 Å². The van der Waals surface area contributed by atoms with Gasteiger partial charge in [-0.15, -0.1) is 0 Å². The summed E-state index contributed by atoms with van der Waals surface area (Å²) in [7, 11) is 0. The third-order valence-electron chi connectivity index (χ3n) is 3.22. The van der Waals surface area contributed by atoms with E-state index in [-0.39, 0.29) is 22.4 Å². The minimum atomic E-state index is -4.86. The molecule has 1 N–H and O–H groups in total. The summed E-state index contributed by atoms with van der Waals surface area (Å²) in [5.74, 6) is -3.32. The van der Waals surface area contributed by atoms with E-state index in [1.807, 2.05) is 0 Å². The summed E-state index contributed by atoms with van der Waals surface area (Å²) >= 11 is 0. The number of halogens is 5. The van der Waals surface area contributed by atoms with Crippen molar-refractivity contribution >= 4 is 22.7 Å². The summed E-state index contributed by atoms with van der Waals surface area (Å²) in [5.41, 5.74) is -2.02. The molecule has 0 bridgehead atoms. The maximum atomic E-state index is 13.5. The van der Waals surface area contributed by atoms with Gasteiger partial charge in [-0.05, 0) is 30.3 Å². The van der Waals surface area contributed by atoms with Gasteiger partial charge in [-0.25, -0.2) is 8.78 Å². The number of aromatic nitrogens is 1. The number of carbonyl (C=O) groups excluding carboxylic acids is 1. The molecule has 124 valence electrons. The highest BCUT2D eigenvalue weighted by Crippen LogP contribution is 2.32. The van der Waals surface area contributed by atoms with Crippen LogP contribution in [0.3, 0.4) is 0 Å². The fourth-order valence-electron chi connectivity index (χ4n) is 2.08. The van der Waals surface area contributed by atoms with E-state index in [9.17, 15) is 26.7 Å². The number of amides is 1. The molecule has 4 nitrogen and oxygen atoms in total. The van der Waals surface area contributed by atoms with E-state index < -0.39 is 29.3 Å². The van der Waals surface area contributed by atoms with Crippen molar-refractivity contribution < 1.29 is 31.3 Å². The lowest BCUT2D eigenvalue weighted by atomic mass is 10.1. The minimum Gasteiger partial charge on any atom is -0.351 e. The number of rotatable bonds is 2. The fraction of sp³-hybridized carbons (Fsp3) is 0.0667. The highest BCUT2D eigenvalue weighted by molar-refractivity contribution is 6.07. The molecule has 0 saturated heterocycles. The quantitative estimate of drug-likeness (QED) is 0.703. The Morgan fingerprint density at radius 3 is 2.50 bits per heavy atom. The van der Waals surface area contributed by atoms with Gasteiger partial charge in [0.1, 0.15) is 5.82 Å². The molecule has 0 atom stereocenters. The molecule has 0 radical (unpaired) electrons. The van der Waals surface area contributed by atoms with Crippen LogP contribution in [0.15, 0.2) is 40.9 Å². The van der Waals surface area contributed by atoms with E-state index in [0.717, 1.165) is 12.1 Å². The van der Waals surface area contributed by atoms with Crippen molar-refractivity contribution in [2.45, 2.75) is 6.18 Å². The Balaban J connectivity index is 1.90. The molecule has 0 saturated carbocycles. The van der Waals surface area contributed by atoms with Crippen LogP contribution in [0, 0.1) is 11.6 Å². The van der Waals surface area contributed by atoms with Crippen LogP contribution < -0.4 is 5.32 Å². The summed E-state index contributed by atoms with van der Waals surface area (Å²) < 4.78 is 69.2. The van der Waals surface area contributed by atoms with Gasteiger partial charge in [-0.3, -0.25) is 4.79 Å². The Kier molecular flexibility index (Phi) is 3.70. The smallest absolute Gasteiger partial charge is 0.351 e. The van der Waals surface area contributed by atoms with Crippen LogP contribution in [0.1, 0.15) is 15.9 Å². The first kappa shape index (κ1) is 15.9. The minimum absolute atomic E-state index is 0.130. The zero-order valence-electron chi connectivity index (χ0n) is 11.6. The summed E-state index contributed by atoms with van der Waals surface area (Å²) in [5, 5.41) is 5.88. The molecule has 0 aliphatic carbocycles. The van der Waals surface area contributed by atoms with Crippen molar-refractivity contribution in [1.82, 2.24) is 5.16 Å². The van der Waals surface area contributed by atoms with E-state index in [0.29, 0.717) is 12.1 Å². The normalized spacial score (nSPS) is 11.7. The zero-order chi connectivity index (χ0) is 17.5. The van der Waals surface area contributed by atoms with Crippen molar-refractivity contribution in [2.24, 2.45) is 0 Å². The van der Waals surface area contributed by atoms with Gasteiger partial charge in [-0.1, -0.05) is 11.2 Å². The monoisotopic (exact) mass is 342 g/mol.